The van der Waals surface area contributed by atoms with Crippen molar-refractivity contribution in [1.29, 1.82) is 0 Å². The first-order valence-electron chi connectivity index (χ1n) is 5.89. The van der Waals surface area contributed by atoms with E-state index in [1.807, 2.05) is 13.8 Å². The largest absolute Gasteiger partial charge is 0.308 e. The Morgan fingerprint density at radius 3 is 2.70 bits per heavy atom. The normalized spacial score (nSPS) is 11.1. The van der Waals surface area contributed by atoms with Crippen LogP contribution in [0.5, 0.6) is 0 Å². The number of nitro groups is 1. The van der Waals surface area contributed by atoms with Crippen molar-refractivity contribution in [3.8, 4) is 11.4 Å². The molecule has 2 rings (SSSR count). The zero-order valence-electron chi connectivity index (χ0n) is 10.9. The zero-order chi connectivity index (χ0) is 14.9. The average Bonchev–Trinajstić information content (AvgIpc) is 2.81. The Labute approximate surface area is 122 Å². The summed E-state index contributed by atoms with van der Waals surface area (Å²) in [7, 11) is 0. The van der Waals surface area contributed by atoms with E-state index in [0.717, 1.165) is 18.2 Å². The predicted molar refractivity (Wildman–Crippen MR) is 75.1 cm³/mol. The van der Waals surface area contributed by atoms with E-state index in [0.29, 0.717) is 17.0 Å². The van der Waals surface area contributed by atoms with E-state index in [1.165, 1.54) is 0 Å². The molecule has 8 heteroatoms. The molecule has 0 aliphatic rings. The van der Waals surface area contributed by atoms with E-state index in [-0.39, 0.29) is 17.3 Å². The van der Waals surface area contributed by atoms with Crippen molar-refractivity contribution in [2.45, 2.75) is 25.2 Å². The second-order valence-corrected chi connectivity index (χ2v) is 5.02. The van der Waals surface area contributed by atoms with E-state index in [9.17, 15) is 14.5 Å². The molecular formula is C12H12BrFN4O2. The van der Waals surface area contributed by atoms with Gasteiger partial charge in [-0.3, -0.25) is 10.1 Å². The van der Waals surface area contributed by atoms with Gasteiger partial charge in [0.1, 0.15) is 11.6 Å². The van der Waals surface area contributed by atoms with E-state index in [1.54, 1.807) is 4.57 Å². The fraction of sp³-hybridized carbons (Fsp3) is 0.333. The Morgan fingerprint density at radius 2 is 2.15 bits per heavy atom. The summed E-state index contributed by atoms with van der Waals surface area (Å²) in [6.45, 7) is 3.81. The summed E-state index contributed by atoms with van der Waals surface area (Å²) < 4.78 is 15.2. The highest BCUT2D eigenvalue weighted by Crippen LogP contribution is 2.31. The molecule has 0 amide bonds. The smallest absolute Gasteiger partial charge is 0.280 e. The molecule has 0 saturated carbocycles. The number of hydrogen-bond donors (Lipinski definition) is 0. The summed E-state index contributed by atoms with van der Waals surface area (Å²) in [5.74, 6) is 0.374. The van der Waals surface area contributed by atoms with Crippen molar-refractivity contribution in [1.82, 2.24) is 14.8 Å². The number of aromatic nitrogens is 3. The molecule has 2 aromatic rings. The Balaban J connectivity index is 2.71. The van der Waals surface area contributed by atoms with Crippen molar-refractivity contribution >= 4 is 21.6 Å². The fourth-order valence-corrected chi connectivity index (χ4v) is 2.37. The van der Waals surface area contributed by atoms with Gasteiger partial charge in [-0.2, -0.15) is 0 Å². The molecule has 0 fully saturated rings. The molecule has 0 aliphatic heterocycles. The SMILES string of the molecule is CC(C)n1c(CBr)nnc1-c1cc(F)ccc1[N+](=O)[O-]. The molecule has 0 N–H and O–H groups in total. The monoisotopic (exact) mass is 342 g/mol. The van der Waals surface area contributed by atoms with Crippen LogP contribution in [0.3, 0.4) is 0 Å². The molecule has 20 heavy (non-hydrogen) atoms. The molecule has 0 bridgehead atoms. The molecule has 0 aliphatic carbocycles. The molecule has 0 saturated heterocycles. The Morgan fingerprint density at radius 1 is 1.45 bits per heavy atom. The standard InChI is InChI=1S/C12H12BrFN4O2/c1-7(2)17-11(6-13)15-16-12(17)9-5-8(14)3-4-10(9)18(19)20/h3-5,7H,6H2,1-2H3. The van der Waals surface area contributed by atoms with Gasteiger partial charge in [-0.1, -0.05) is 15.9 Å². The van der Waals surface area contributed by atoms with Crippen molar-refractivity contribution in [2.24, 2.45) is 0 Å². The fourth-order valence-electron chi connectivity index (χ4n) is 1.99. The third kappa shape index (κ3) is 2.55. The number of rotatable bonds is 4. The summed E-state index contributed by atoms with van der Waals surface area (Å²) >= 11 is 3.29. The summed E-state index contributed by atoms with van der Waals surface area (Å²) in [5, 5.41) is 19.5. The van der Waals surface area contributed by atoms with Gasteiger partial charge in [0.15, 0.2) is 5.82 Å². The van der Waals surface area contributed by atoms with Gasteiger partial charge in [-0.25, -0.2) is 4.39 Å². The van der Waals surface area contributed by atoms with E-state index < -0.39 is 10.7 Å². The quantitative estimate of drug-likeness (QED) is 0.484. The van der Waals surface area contributed by atoms with Crippen LogP contribution >= 0.6 is 15.9 Å². The minimum absolute atomic E-state index is 0.00424. The van der Waals surface area contributed by atoms with Gasteiger partial charge in [0.2, 0.25) is 0 Å². The van der Waals surface area contributed by atoms with Crippen LogP contribution in [-0.4, -0.2) is 19.7 Å². The molecule has 1 aromatic carbocycles. The van der Waals surface area contributed by atoms with Gasteiger partial charge in [-0.15, -0.1) is 10.2 Å². The maximum absolute atomic E-state index is 13.4. The maximum Gasteiger partial charge on any atom is 0.280 e. The molecule has 0 unspecified atom stereocenters. The topological polar surface area (TPSA) is 73.8 Å². The highest BCUT2D eigenvalue weighted by Gasteiger charge is 2.23. The van der Waals surface area contributed by atoms with Gasteiger partial charge >= 0.3 is 0 Å². The molecular weight excluding hydrogens is 331 g/mol. The lowest BCUT2D eigenvalue weighted by Crippen LogP contribution is -2.08. The second-order valence-electron chi connectivity index (χ2n) is 4.46. The minimum Gasteiger partial charge on any atom is -0.308 e. The predicted octanol–water partition coefficient (Wildman–Crippen LogP) is 3.47. The van der Waals surface area contributed by atoms with Crippen LogP contribution in [-0.2, 0) is 5.33 Å². The molecule has 1 aromatic heterocycles. The minimum atomic E-state index is -0.554. The van der Waals surface area contributed by atoms with E-state index in [4.69, 9.17) is 0 Å². The van der Waals surface area contributed by atoms with Crippen LogP contribution in [0.4, 0.5) is 10.1 Å². The first-order valence-corrected chi connectivity index (χ1v) is 7.02. The Bertz CT molecular complexity index is 657. The lowest BCUT2D eigenvalue weighted by atomic mass is 10.1. The number of halogens is 2. The lowest BCUT2D eigenvalue weighted by Gasteiger charge is -2.13. The Kier molecular flexibility index (Phi) is 4.12. The highest BCUT2D eigenvalue weighted by atomic mass is 79.9. The summed E-state index contributed by atoms with van der Waals surface area (Å²) in [6.07, 6.45) is 0. The third-order valence-electron chi connectivity index (χ3n) is 2.80. The first kappa shape index (κ1) is 14.6. The number of nitro benzene ring substituents is 1. The van der Waals surface area contributed by atoms with Crippen LogP contribution in [0.15, 0.2) is 18.2 Å². The number of benzene rings is 1. The van der Waals surface area contributed by atoms with Gasteiger partial charge in [-0.05, 0) is 26.0 Å². The van der Waals surface area contributed by atoms with Crippen LogP contribution in [0.2, 0.25) is 0 Å². The number of nitrogens with zero attached hydrogens (tertiary/aromatic N) is 4. The first-order chi connectivity index (χ1) is 9.45. The van der Waals surface area contributed by atoms with Crippen molar-refractivity contribution in [2.75, 3.05) is 0 Å². The van der Waals surface area contributed by atoms with Gasteiger partial charge in [0, 0.05) is 12.1 Å². The molecule has 6 nitrogen and oxygen atoms in total. The average molecular weight is 343 g/mol. The van der Waals surface area contributed by atoms with Crippen molar-refractivity contribution < 1.29 is 9.31 Å². The molecule has 1 heterocycles. The summed E-state index contributed by atoms with van der Waals surface area (Å²) in [4.78, 5) is 10.5. The number of hydrogen-bond acceptors (Lipinski definition) is 4. The Hall–Kier alpha value is -1.83. The van der Waals surface area contributed by atoms with Gasteiger partial charge < -0.3 is 4.57 Å². The van der Waals surface area contributed by atoms with Gasteiger partial charge in [0.25, 0.3) is 5.69 Å². The van der Waals surface area contributed by atoms with Crippen LogP contribution < -0.4 is 0 Å². The van der Waals surface area contributed by atoms with Crippen LogP contribution in [0.1, 0.15) is 25.7 Å². The summed E-state index contributed by atoms with van der Waals surface area (Å²) in [5.41, 5.74) is -0.0646. The van der Waals surface area contributed by atoms with E-state index in [2.05, 4.69) is 26.1 Å². The summed E-state index contributed by atoms with van der Waals surface area (Å²) in [6, 6.07) is 3.30. The third-order valence-corrected chi connectivity index (χ3v) is 3.30. The van der Waals surface area contributed by atoms with Gasteiger partial charge in [0.05, 0.1) is 15.8 Å². The molecule has 0 radical (unpaired) electrons. The molecule has 0 atom stereocenters. The van der Waals surface area contributed by atoms with Crippen LogP contribution in [0.25, 0.3) is 11.4 Å². The highest BCUT2D eigenvalue weighted by molar-refractivity contribution is 9.08. The van der Waals surface area contributed by atoms with Crippen molar-refractivity contribution in [3.63, 3.8) is 0 Å². The van der Waals surface area contributed by atoms with E-state index >= 15 is 0 Å². The van der Waals surface area contributed by atoms with Crippen molar-refractivity contribution in [3.05, 3.63) is 40.0 Å². The zero-order valence-corrected chi connectivity index (χ0v) is 12.5. The van der Waals surface area contributed by atoms with Crippen LogP contribution in [0, 0.1) is 15.9 Å². The lowest BCUT2D eigenvalue weighted by molar-refractivity contribution is -0.384. The molecule has 106 valence electrons. The molecule has 0 spiro atoms. The second kappa shape index (κ2) is 5.66. The number of alkyl halides is 1. The maximum atomic E-state index is 13.4.